The van der Waals surface area contributed by atoms with E-state index in [-0.39, 0.29) is 23.6 Å². The van der Waals surface area contributed by atoms with Crippen molar-refractivity contribution in [3.05, 3.63) is 22.2 Å². The summed E-state index contributed by atoms with van der Waals surface area (Å²) in [6.45, 7) is 7.96. The van der Waals surface area contributed by atoms with Gasteiger partial charge >= 0.3 is 0 Å². The van der Waals surface area contributed by atoms with Gasteiger partial charge in [0.2, 0.25) is 0 Å². The van der Waals surface area contributed by atoms with Gasteiger partial charge in [-0.1, -0.05) is 13.8 Å². The number of nitrogens with zero attached hydrogens (tertiary/aromatic N) is 1. The van der Waals surface area contributed by atoms with Crippen molar-refractivity contribution in [1.82, 2.24) is 9.97 Å². The summed E-state index contributed by atoms with van der Waals surface area (Å²) in [5.74, 6) is 1.39. The molecule has 0 atom stereocenters. The van der Waals surface area contributed by atoms with Crippen LogP contribution in [-0.2, 0) is 0 Å². The zero-order valence-corrected chi connectivity index (χ0v) is 10.9. The molecule has 0 spiro atoms. The summed E-state index contributed by atoms with van der Waals surface area (Å²) in [7, 11) is 0. The summed E-state index contributed by atoms with van der Waals surface area (Å²) < 4.78 is 0. The van der Waals surface area contributed by atoms with E-state index in [9.17, 15) is 4.79 Å². The Kier molecular flexibility index (Phi) is 4.28. The van der Waals surface area contributed by atoms with Crippen molar-refractivity contribution >= 4 is 5.82 Å². The molecular weight excluding hydrogens is 218 g/mol. The molecule has 3 N–H and O–H groups in total. The van der Waals surface area contributed by atoms with E-state index in [1.807, 2.05) is 27.7 Å². The van der Waals surface area contributed by atoms with Crippen molar-refractivity contribution in [3.8, 4) is 0 Å². The molecule has 0 aromatic carbocycles. The molecule has 1 rings (SSSR count). The molecule has 1 aromatic heterocycles. The SMILES string of the molecule is CC(C)c1nc(NC(C)(C)CCO)cc(=O)[nH]1. The first-order valence-electron chi connectivity index (χ1n) is 5.84. The third-order valence-electron chi connectivity index (χ3n) is 2.51. The molecule has 0 saturated carbocycles. The summed E-state index contributed by atoms with van der Waals surface area (Å²) in [6.07, 6.45) is 0.596. The molecule has 0 fully saturated rings. The van der Waals surface area contributed by atoms with Crippen molar-refractivity contribution in [2.24, 2.45) is 0 Å². The first kappa shape index (κ1) is 13.7. The van der Waals surface area contributed by atoms with Crippen LogP contribution in [0.5, 0.6) is 0 Å². The zero-order chi connectivity index (χ0) is 13.1. The second kappa shape index (κ2) is 5.31. The number of aromatic nitrogens is 2. The highest BCUT2D eigenvalue weighted by Crippen LogP contribution is 2.16. The van der Waals surface area contributed by atoms with Gasteiger partial charge < -0.3 is 15.4 Å². The van der Waals surface area contributed by atoms with E-state index in [0.717, 1.165) is 0 Å². The number of rotatable bonds is 5. The van der Waals surface area contributed by atoms with Gasteiger partial charge in [0.15, 0.2) is 0 Å². The predicted molar refractivity (Wildman–Crippen MR) is 68.4 cm³/mol. The maximum absolute atomic E-state index is 11.5. The summed E-state index contributed by atoms with van der Waals surface area (Å²) in [4.78, 5) is 18.5. The normalized spacial score (nSPS) is 11.9. The lowest BCUT2D eigenvalue weighted by molar-refractivity contribution is 0.260. The summed E-state index contributed by atoms with van der Waals surface area (Å²) >= 11 is 0. The molecule has 0 aliphatic heterocycles. The van der Waals surface area contributed by atoms with Crippen LogP contribution in [0.4, 0.5) is 5.82 Å². The average molecular weight is 239 g/mol. The number of H-pyrrole nitrogens is 1. The highest BCUT2D eigenvalue weighted by Gasteiger charge is 2.18. The molecule has 0 radical (unpaired) electrons. The number of hydrogen-bond donors (Lipinski definition) is 3. The van der Waals surface area contributed by atoms with Crippen LogP contribution in [0.2, 0.25) is 0 Å². The van der Waals surface area contributed by atoms with E-state index < -0.39 is 0 Å². The Bertz CT molecular complexity index is 424. The maximum Gasteiger partial charge on any atom is 0.252 e. The number of aliphatic hydroxyl groups is 1. The van der Waals surface area contributed by atoms with Crippen molar-refractivity contribution in [2.45, 2.75) is 45.6 Å². The fraction of sp³-hybridized carbons (Fsp3) is 0.667. The third-order valence-corrected chi connectivity index (χ3v) is 2.51. The Hall–Kier alpha value is -1.36. The Labute approximate surface area is 101 Å². The van der Waals surface area contributed by atoms with E-state index in [4.69, 9.17) is 5.11 Å². The molecule has 1 aromatic rings. The monoisotopic (exact) mass is 239 g/mol. The van der Waals surface area contributed by atoms with E-state index in [1.165, 1.54) is 6.07 Å². The lowest BCUT2D eigenvalue weighted by Crippen LogP contribution is -2.33. The van der Waals surface area contributed by atoms with Crippen LogP contribution >= 0.6 is 0 Å². The van der Waals surface area contributed by atoms with Gasteiger partial charge in [-0.25, -0.2) is 4.98 Å². The molecular formula is C12H21N3O2. The van der Waals surface area contributed by atoms with Crippen LogP contribution in [0.3, 0.4) is 0 Å². The van der Waals surface area contributed by atoms with Crippen LogP contribution in [-0.4, -0.2) is 27.2 Å². The molecule has 96 valence electrons. The summed E-state index contributed by atoms with van der Waals surface area (Å²) in [5, 5.41) is 12.1. The van der Waals surface area contributed by atoms with Gasteiger partial charge in [-0.3, -0.25) is 4.79 Å². The van der Waals surface area contributed by atoms with Crippen LogP contribution in [0.15, 0.2) is 10.9 Å². The van der Waals surface area contributed by atoms with Crippen molar-refractivity contribution < 1.29 is 5.11 Å². The van der Waals surface area contributed by atoms with Crippen molar-refractivity contribution in [3.63, 3.8) is 0 Å². The average Bonchev–Trinajstić information content (AvgIpc) is 2.15. The van der Waals surface area contributed by atoms with E-state index >= 15 is 0 Å². The number of aliphatic hydroxyl groups excluding tert-OH is 1. The highest BCUT2D eigenvalue weighted by molar-refractivity contribution is 5.36. The Balaban J connectivity index is 2.95. The molecule has 0 amide bonds. The minimum Gasteiger partial charge on any atom is -0.396 e. The van der Waals surface area contributed by atoms with Crippen LogP contribution in [0.1, 0.15) is 45.9 Å². The minimum absolute atomic E-state index is 0.0974. The van der Waals surface area contributed by atoms with Crippen LogP contribution in [0.25, 0.3) is 0 Å². The number of nitrogens with one attached hydrogen (secondary N) is 2. The molecule has 0 unspecified atom stereocenters. The van der Waals surface area contributed by atoms with Crippen LogP contribution in [0, 0.1) is 0 Å². The highest BCUT2D eigenvalue weighted by atomic mass is 16.3. The van der Waals surface area contributed by atoms with Gasteiger partial charge in [0.25, 0.3) is 5.56 Å². The fourth-order valence-corrected chi connectivity index (χ4v) is 1.50. The third kappa shape index (κ3) is 4.19. The van der Waals surface area contributed by atoms with Crippen molar-refractivity contribution in [2.75, 3.05) is 11.9 Å². The number of aromatic amines is 1. The van der Waals surface area contributed by atoms with Gasteiger partial charge in [0.05, 0.1) is 0 Å². The second-order valence-corrected chi connectivity index (χ2v) is 5.15. The predicted octanol–water partition coefficient (Wildman–Crippen LogP) is 1.47. The lowest BCUT2D eigenvalue weighted by atomic mass is 10.0. The van der Waals surface area contributed by atoms with E-state index in [0.29, 0.717) is 18.1 Å². The van der Waals surface area contributed by atoms with E-state index in [2.05, 4.69) is 15.3 Å². The molecule has 0 bridgehead atoms. The number of anilines is 1. The molecule has 0 aliphatic rings. The number of hydrogen-bond acceptors (Lipinski definition) is 4. The molecule has 0 saturated heterocycles. The Morgan fingerprint density at radius 3 is 2.71 bits per heavy atom. The maximum atomic E-state index is 11.5. The smallest absolute Gasteiger partial charge is 0.252 e. The molecule has 5 nitrogen and oxygen atoms in total. The van der Waals surface area contributed by atoms with Gasteiger partial charge in [-0.2, -0.15) is 0 Å². The Morgan fingerprint density at radius 2 is 2.18 bits per heavy atom. The first-order valence-corrected chi connectivity index (χ1v) is 5.84. The molecule has 0 aliphatic carbocycles. The molecule has 1 heterocycles. The summed E-state index contributed by atoms with van der Waals surface area (Å²) in [6, 6.07) is 1.44. The largest absolute Gasteiger partial charge is 0.396 e. The molecule has 17 heavy (non-hydrogen) atoms. The Morgan fingerprint density at radius 1 is 1.53 bits per heavy atom. The van der Waals surface area contributed by atoms with Gasteiger partial charge in [0, 0.05) is 24.1 Å². The fourth-order valence-electron chi connectivity index (χ4n) is 1.50. The first-order chi connectivity index (χ1) is 7.84. The zero-order valence-electron chi connectivity index (χ0n) is 10.9. The lowest BCUT2D eigenvalue weighted by Gasteiger charge is -2.26. The standard InChI is InChI=1S/C12H21N3O2/c1-8(2)11-13-9(7-10(17)14-11)15-12(3,4)5-6-16/h7-8,16H,5-6H2,1-4H3,(H2,13,14,15,17). The minimum atomic E-state index is -0.288. The summed E-state index contributed by atoms with van der Waals surface area (Å²) in [5.41, 5.74) is -0.449. The second-order valence-electron chi connectivity index (χ2n) is 5.15. The van der Waals surface area contributed by atoms with Crippen LogP contribution < -0.4 is 10.9 Å². The quantitative estimate of drug-likeness (QED) is 0.727. The van der Waals surface area contributed by atoms with E-state index in [1.54, 1.807) is 0 Å². The topological polar surface area (TPSA) is 78.0 Å². The van der Waals surface area contributed by atoms with Gasteiger partial charge in [0.1, 0.15) is 11.6 Å². The molecule has 5 heteroatoms. The van der Waals surface area contributed by atoms with Crippen molar-refractivity contribution in [1.29, 1.82) is 0 Å². The van der Waals surface area contributed by atoms with Gasteiger partial charge in [-0.15, -0.1) is 0 Å². The van der Waals surface area contributed by atoms with Gasteiger partial charge in [-0.05, 0) is 20.3 Å².